The maximum Gasteiger partial charge on any atom is 0.145 e. The first-order valence-corrected chi connectivity index (χ1v) is 5.75. The molecule has 0 aromatic heterocycles. The molecule has 0 aromatic rings. The van der Waals surface area contributed by atoms with Gasteiger partial charge in [0.2, 0.25) is 0 Å². The van der Waals surface area contributed by atoms with Gasteiger partial charge in [-0.2, -0.15) is 0 Å². The van der Waals surface area contributed by atoms with Crippen molar-refractivity contribution < 1.29 is 9.94 Å². The SMILES string of the molecule is COC(C)CN1CCC(C)(C(N)=NO)CC1. The van der Waals surface area contributed by atoms with Crippen molar-refractivity contribution in [1.82, 2.24) is 4.90 Å². The minimum Gasteiger partial charge on any atom is -0.409 e. The van der Waals surface area contributed by atoms with Gasteiger partial charge in [0.1, 0.15) is 5.84 Å². The van der Waals surface area contributed by atoms with Crippen molar-refractivity contribution in [2.45, 2.75) is 32.8 Å². The van der Waals surface area contributed by atoms with Gasteiger partial charge in [-0.15, -0.1) is 0 Å². The average molecular weight is 229 g/mol. The minimum absolute atomic E-state index is 0.151. The standard InChI is InChI=1S/C11H23N3O2/c1-9(16-3)8-14-6-4-11(2,5-7-14)10(12)13-15/h9,15H,4-8H2,1-3H3,(H2,12,13). The number of ether oxygens (including phenoxy) is 1. The Morgan fingerprint density at radius 1 is 1.56 bits per heavy atom. The van der Waals surface area contributed by atoms with Gasteiger partial charge in [-0.1, -0.05) is 12.1 Å². The number of likely N-dealkylation sites (tertiary alicyclic amines) is 1. The van der Waals surface area contributed by atoms with Crippen LogP contribution in [0.3, 0.4) is 0 Å². The van der Waals surface area contributed by atoms with Gasteiger partial charge in [-0.25, -0.2) is 0 Å². The third-order valence-electron chi connectivity index (χ3n) is 3.60. The van der Waals surface area contributed by atoms with E-state index in [-0.39, 0.29) is 11.5 Å². The van der Waals surface area contributed by atoms with Crippen molar-refractivity contribution in [1.29, 1.82) is 0 Å². The van der Waals surface area contributed by atoms with Gasteiger partial charge in [0.05, 0.1) is 6.10 Å². The summed E-state index contributed by atoms with van der Waals surface area (Å²) >= 11 is 0. The molecule has 94 valence electrons. The summed E-state index contributed by atoms with van der Waals surface area (Å²) in [6, 6.07) is 0. The first kappa shape index (κ1) is 13.3. The summed E-state index contributed by atoms with van der Waals surface area (Å²) in [4.78, 5) is 2.36. The molecule has 0 saturated carbocycles. The van der Waals surface area contributed by atoms with E-state index in [0.29, 0.717) is 5.84 Å². The molecule has 1 aliphatic heterocycles. The molecular formula is C11H23N3O2. The second-order valence-corrected chi connectivity index (χ2v) is 4.89. The third-order valence-corrected chi connectivity index (χ3v) is 3.60. The van der Waals surface area contributed by atoms with Crippen molar-refractivity contribution in [3.05, 3.63) is 0 Å². The largest absolute Gasteiger partial charge is 0.409 e. The molecular weight excluding hydrogens is 206 g/mol. The van der Waals surface area contributed by atoms with Crippen LogP contribution >= 0.6 is 0 Å². The zero-order valence-corrected chi connectivity index (χ0v) is 10.4. The molecule has 0 aromatic carbocycles. The lowest BCUT2D eigenvalue weighted by Crippen LogP contribution is -2.47. The highest BCUT2D eigenvalue weighted by Crippen LogP contribution is 2.30. The molecule has 1 fully saturated rings. The summed E-state index contributed by atoms with van der Waals surface area (Å²) in [5.41, 5.74) is 5.56. The highest BCUT2D eigenvalue weighted by molar-refractivity contribution is 5.85. The van der Waals surface area contributed by atoms with Crippen LogP contribution in [0, 0.1) is 5.41 Å². The van der Waals surface area contributed by atoms with E-state index in [0.717, 1.165) is 32.5 Å². The monoisotopic (exact) mass is 229 g/mol. The molecule has 0 aliphatic carbocycles. The van der Waals surface area contributed by atoms with Crippen LogP contribution in [0.25, 0.3) is 0 Å². The number of hydrogen-bond donors (Lipinski definition) is 2. The van der Waals surface area contributed by atoms with E-state index in [1.54, 1.807) is 7.11 Å². The Morgan fingerprint density at radius 3 is 2.56 bits per heavy atom. The molecule has 0 bridgehead atoms. The topological polar surface area (TPSA) is 71.1 Å². The third kappa shape index (κ3) is 3.09. The number of methoxy groups -OCH3 is 1. The summed E-state index contributed by atoms with van der Waals surface area (Å²) in [6.45, 7) is 7.01. The molecule has 5 nitrogen and oxygen atoms in total. The number of rotatable bonds is 4. The highest BCUT2D eigenvalue weighted by Gasteiger charge is 2.34. The van der Waals surface area contributed by atoms with Crippen LogP contribution in [0.2, 0.25) is 0 Å². The predicted molar refractivity (Wildman–Crippen MR) is 63.7 cm³/mol. The Labute approximate surface area is 97.2 Å². The van der Waals surface area contributed by atoms with E-state index >= 15 is 0 Å². The zero-order valence-electron chi connectivity index (χ0n) is 10.4. The van der Waals surface area contributed by atoms with Crippen LogP contribution in [0.5, 0.6) is 0 Å². The van der Waals surface area contributed by atoms with E-state index < -0.39 is 0 Å². The fourth-order valence-corrected chi connectivity index (χ4v) is 2.04. The van der Waals surface area contributed by atoms with Crippen LogP contribution in [0.4, 0.5) is 0 Å². The molecule has 1 aliphatic rings. The van der Waals surface area contributed by atoms with E-state index in [2.05, 4.69) is 23.9 Å². The first-order valence-electron chi connectivity index (χ1n) is 5.75. The Kier molecular flexibility index (Phi) is 4.56. The summed E-state index contributed by atoms with van der Waals surface area (Å²) in [7, 11) is 1.73. The molecule has 1 saturated heterocycles. The molecule has 0 radical (unpaired) electrons. The van der Waals surface area contributed by atoms with Gasteiger partial charge in [0.25, 0.3) is 0 Å². The lowest BCUT2D eigenvalue weighted by molar-refractivity contribution is 0.0576. The van der Waals surface area contributed by atoms with Gasteiger partial charge in [0.15, 0.2) is 0 Å². The number of oxime groups is 1. The van der Waals surface area contributed by atoms with Crippen LogP contribution in [0.15, 0.2) is 5.16 Å². The van der Waals surface area contributed by atoms with E-state index in [9.17, 15) is 0 Å². The number of nitrogens with two attached hydrogens (primary N) is 1. The van der Waals surface area contributed by atoms with Crippen LogP contribution < -0.4 is 5.73 Å². The maximum absolute atomic E-state index is 8.73. The summed E-state index contributed by atoms with van der Waals surface area (Å²) in [5, 5.41) is 11.9. The second-order valence-electron chi connectivity index (χ2n) is 4.89. The lowest BCUT2D eigenvalue weighted by atomic mass is 9.79. The quantitative estimate of drug-likeness (QED) is 0.325. The Bertz CT molecular complexity index is 248. The van der Waals surface area contributed by atoms with E-state index in [4.69, 9.17) is 15.7 Å². The Hall–Kier alpha value is -0.810. The fraction of sp³-hybridized carbons (Fsp3) is 0.909. The summed E-state index contributed by atoms with van der Waals surface area (Å²) < 4.78 is 5.24. The number of piperidine rings is 1. The zero-order chi connectivity index (χ0) is 12.2. The Morgan fingerprint density at radius 2 is 2.12 bits per heavy atom. The smallest absolute Gasteiger partial charge is 0.145 e. The second kappa shape index (κ2) is 5.50. The van der Waals surface area contributed by atoms with Crippen LogP contribution in [-0.2, 0) is 4.74 Å². The van der Waals surface area contributed by atoms with E-state index in [1.165, 1.54) is 0 Å². The first-order chi connectivity index (χ1) is 7.51. The lowest BCUT2D eigenvalue weighted by Gasteiger charge is -2.39. The van der Waals surface area contributed by atoms with Gasteiger partial charge in [-0.3, -0.25) is 0 Å². The van der Waals surface area contributed by atoms with Gasteiger partial charge >= 0.3 is 0 Å². The average Bonchev–Trinajstić information content (AvgIpc) is 2.31. The predicted octanol–water partition coefficient (Wildman–Crippen LogP) is 0.870. The fourth-order valence-electron chi connectivity index (χ4n) is 2.04. The Balaban J connectivity index is 2.45. The normalized spacial score (nSPS) is 24.3. The molecule has 5 heteroatoms. The summed E-state index contributed by atoms with van der Waals surface area (Å²) in [6.07, 6.45) is 2.12. The van der Waals surface area contributed by atoms with Crippen molar-refractivity contribution in [3.63, 3.8) is 0 Å². The van der Waals surface area contributed by atoms with Gasteiger partial charge in [-0.05, 0) is 32.9 Å². The number of amidine groups is 1. The van der Waals surface area contributed by atoms with Gasteiger partial charge < -0.3 is 20.6 Å². The number of hydrogen-bond acceptors (Lipinski definition) is 4. The molecule has 1 rings (SSSR count). The van der Waals surface area contributed by atoms with Crippen molar-refractivity contribution >= 4 is 5.84 Å². The van der Waals surface area contributed by atoms with Crippen molar-refractivity contribution in [2.24, 2.45) is 16.3 Å². The minimum atomic E-state index is -0.151. The number of nitrogens with zero attached hydrogens (tertiary/aromatic N) is 2. The van der Waals surface area contributed by atoms with Crippen molar-refractivity contribution in [2.75, 3.05) is 26.7 Å². The van der Waals surface area contributed by atoms with E-state index in [1.807, 2.05) is 0 Å². The molecule has 16 heavy (non-hydrogen) atoms. The molecule has 1 unspecified atom stereocenters. The molecule has 1 atom stereocenters. The van der Waals surface area contributed by atoms with Gasteiger partial charge in [0, 0.05) is 19.1 Å². The molecule has 3 N–H and O–H groups in total. The summed E-state index contributed by atoms with van der Waals surface area (Å²) in [5.74, 6) is 0.354. The molecule has 1 heterocycles. The van der Waals surface area contributed by atoms with Crippen molar-refractivity contribution in [3.8, 4) is 0 Å². The maximum atomic E-state index is 8.73. The molecule has 0 amide bonds. The van der Waals surface area contributed by atoms with Crippen LogP contribution in [0.1, 0.15) is 26.7 Å². The highest BCUT2D eigenvalue weighted by atomic mass is 16.5. The molecule has 0 spiro atoms. The van der Waals surface area contributed by atoms with Crippen LogP contribution in [-0.4, -0.2) is 48.8 Å².